The van der Waals surface area contributed by atoms with Crippen molar-refractivity contribution in [1.29, 1.82) is 0 Å². The highest BCUT2D eigenvalue weighted by atomic mass is 35.5. The monoisotopic (exact) mass is 555 g/mol. The summed E-state index contributed by atoms with van der Waals surface area (Å²) in [6.07, 6.45) is 7.47. The molecule has 1 N–H and O–H groups in total. The van der Waals surface area contributed by atoms with E-state index in [1.165, 1.54) is 45.2 Å². The number of nitrogens with one attached hydrogen (secondary N) is 1. The molecule has 0 bridgehead atoms. The van der Waals surface area contributed by atoms with Gasteiger partial charge in [-0.2, -0.15) is 0 Å². The molecule has 0 saturated carbocycles. The summed E-state index contributed by atoms with van der Waals surface area (Å²) in [5, 5.41) is 5.01. The number of nitrogens with zero attached hydrogens (tertiary/aromatic N) is 2. The van der Waals surface area contributed by atoms with Gasteiger partial charge in [-0.05, 0) is 101 Å². The Morgan fingerprint density at radius 1 is 0.886 bits per heavy atom. The topological polar surface area (TPSA) is 35.6 Å². The fourth-order valence-electron chi connectivity index (χ4n) is 5.29. The molecule has 2 aliphatic heterocycles. The molecule has 35 heavy (non-hydrogen) atoms. The van der Waals surface area contributed by atoms with Crippen molar-refractivity contribution in [2.75, 3.05) is 39.3 Å². The van der Waals surface area contributed by atoms with Gasteiger partial charge in [0.15, 0.2) is 0 Å². The van der Waals surface area contributed by atoms with Crippen LogP contribution in [0, 0.1) is 0 Å². The van der Waals surface area contributed by atoms with Crippen LogP contribution in [0.15, 0.2) is 36.4 Å². The van der Waals surface area contributed by atoms with Crippen LogP contribution in [0.4, 0.5) is 0 Å². The van der Waals surface area contributed by atoms with Gasteiger partial charge in [0.25, 0.3) is 5.91 Å². The van der Waals surface area contributed by atoms with Crippen LogP contribution in [0.5, 0.6) is 0 Å². The molecule has 0 radical (unpaired) electrons. The van der Waals surface area contributed by atoms with Gasteiger partial charge in [0.1, 0.15) is 0 Å². The van der Waals surface area contributed by atoms with Crippen LogP contribution < -0.4 is 5.32 Å². The zero-order chi connectivity index (χ0) is 24.8. The molecule has 8 heteroatoms. The van der Waals surface area contributed by atoms with E-state index < -0.39 is 0 Å². The number of halogens is 4. The second kappa shape index (κ2) is 13.0. The molecule has 0 aliphatic carbocycles. The number of piperidine rings is 2. The predicted molar refractivity (Wildman–Crippen MR) is 148 cm³/mol. The molecular weight excluding hydrogens is 524 g/mol. The van der Waals surface area contributed by atoms with Crippen molar-refractivity contribution in [3.8, 4) is 0 Å². The molecular formula is C27H33Cl4N3O. The average Bonchev–Trinajstić information content (AvgIpc) is 2.86. The van der Waals surface area contributed by atoms with Gasteiger partial charge < -0.3 is 15.1 Å². The molecule has 4 rings (SSSR count). The first-order valence-electron chi connectivity index (χ1n) is 12.5. The fourth-order valence-corrected chi connectivity index (χ4v) is 6.12. The third kappa shape index (κ3) is 7.74. The summed E-state index contributed by atoms with van der Waals surface area (Å²) < 4.78 is 0. The molecule has 190 valence electrons. The van der Waals surface area contributed by atoms with Gasteiger partial charge in [0.05, 0.1) is 10.0 Å². The maximum atomic E-state index is 12.8. The van der Waals surface area contributed by atoms with Gasteiger partial charge in [0.2, 0.25) is 0 Å². The van der Waals surface area contributed by atoms with E-state index in [4.69, 9.17) is 46.4 Å². The number of hydrogen-bond donors (Lipinski definition) is 1. The minimum Gasteiger partial charge on any atom is -0.351 e. The summed E-state index contributed by atoms with van der Waals surface area (Å²) in [5.41, 5.74) is 1.53. The largest absolute Gasteiger partial charge is 0.351 e. The van der Waals surface area contributed by atoms with E-state index in [-0.39, 0.29) is 11.8 Å². The summed E-state index contributed by atoms with van der Waals surface area (Å²) in [6, 6.07) is 11.4. The Kier molecular flexibility index (Phi) is 10.0. The summed E-state index contributed by atoms with van der Waals surface area (Å²) in [6.45, 7) is 6.26. The summed E-state index contributed by atoms with van der Waals surface area (Å²) in [7, 11) is 0. The van der Waals surface area contributed by atoms with Gasteiger partial charge in [-0.3, -0.25) is 4.79 Å². The Hall–Kier alpha value is -1.01. The third-order valence-corrected chi connectivity index (χ3v) is 8.48. The lowest BCUT2D eigenvalue weighted by molar-refractivity contribution is 0.0902. The van der Waals surface area contributed by atoms with E-state index in [2.05, 4.69) is 15.1 Å². The molecule has 2 aliphatic rings. The van der Waals surface area contributed by atoms with E-state index >= 15 is 0 Å². The van der Waals surface area contributed by atoms with Crippen molar-refractivity contribution >= 4 is 52.3 Å². The van der Waals surface area contributed by atoms with Crippen LogP contribution in [0.2, 0.25) is 20.1 Å². The van der Waals surface area contributed by atoms with Crippen LogP contribution in [-0.2, 0) is 0 Å². The van der Waals surface area contributed by atoms with Crippen LogP contribution in [0.3, 0.4) is 0 Å². The number of rotatable bonds is 8. The standard InChI is InChI=1S/C27H33Cl4N3O/c28-22-14-21(15-23(29)17-22)27(35)32-18-20(19-4-5-25(30)26(31)16-19)6-11-33-12-7-24(8-13-33)34-9-2-1-3-10-34/h4-5,14-17,20,24H,1-3,6-13,18H2,(H,32,35). The molecule has 1 unspecified atom stereocenters. The summed E-state index contributed by atoms with van der Waals surface area (Å²) in [4.78, 5) is 18.1. The number of amides is 1. The van der Waals surface area contributed by atoms with Crippen LogP contribution in [0.25, 0.3) is 0 Å². The Morgan fingerprint density at radius 3 is 2.23 bits per heavy atom. The highest BCUT2D eigenvalue weighted by Crippen LogP contribution is 2.29. The zero-order valence-corrected chi connectivity index (χ0v) is 22.9. The molecule has 0 aromatic heterocycles. The van der Waals surface area contributed by atoms with Crippen molar-refractivity contribution in [3.63, 3.8) is 0 Å². The molecule has 2 aromatic carbocycles. The smallest absolute Gasteiger partial charge is 0.251 e. The maximum absolute atomic E-state index is 12.8. The second-order valence-electron chi connectivity index (χ2n) is 9.70. The highest BCUT2D eigenvalue weighted by Gasteiger charge is 2.26. The van der Waals surface area contributed by atoms with Gasteiger partial charge >= 0.3 is 0 Å². The number of carbonyl (C=O) groups excluding carboxylic acids is 1. The molecule has 1 amide bonds. The highest BCUT2D eigenvalue weighted by molar-refractivity contribution is 6.42. The summed E-state index contributed by atoms with van der Waals surface area (Å²) in [5.74, 6) is -0.0787. The first-order chi connectivity index (χ1) is 16.9. The first kappa shape index (κ1) is 27.0. The van der Waals surface area contributed by atoms with Gasteiger partial charge in [-0.25, -0.2) is 0 Å². The van der Waals surface area contributed by atoms with Gasteiger partial charge in [0, 0.05) is 34.1 Å². The Morgan fingerprint density at radius 2 is 1.57 bits per heavy atom. The third-order valence-electron chi connectivity index (χ3n) is 7.31. The average molecular weight is 557 g/mol. The van der Waals surface area contributed by atoms with E-state index in [1.807, 2.05) is 18.2 Å². The van der Waals surface area contributed by atoms with E-state index in [9.17, 15) is 4.79 Å². The fraction of sp³-hybridized carbons (Fsp3) is 0.519. The van der Waals surface area contributed by atoms with Crippen molar-refractivity contribution in [2.24, 2.45) is 0 Å². The predicted octanol–water partition coefficient (Wildman–Crippen LogP) is 7.15. The SMILES string of the molecule is O=C(NCC(CCN1CCC(N2CCCCC2)CC1)c1ccc(Cl)c(Cl)c1)c1cc(Cl)cc(Cl)c1. The number of hydrogen-bond acceptors (Lipinski definition) is 3. The Balaban J connectivity index is 1.36. The molecule has 0 spiro atoms. The number of carbonyl (C=O) groups is 1. The number of benzene rings is 2. The van der Waals surface area contributed by atoms with Gasteiger partial charge in [-0.15, -0.1) is 0 Å². The molecule has 1 atom stereocenters. The van der Waals surface area contributed by atoms with Crippen molar-refractivity contribution in [1.82, 2.24) is 15.1 Å². The second-order valence-corrected chi connectivity index (χ2v) is 11.4. The van der Waals surface area contributed by atoms with E-state index in [0.29, 0.717) is 32.2 Å². The maximum Gasteiger partial charge on any atom is 0.251 e. The van der Waals surface area contributed by atoms with E-state index in [1.54, 1.807) is 18.2 Å². The Labute approximate surface area is 228 Å². The van der Waals surface area contributed by atoms with Crippen molar-refractivity contribution in [2.45, 2.75) is 50.5 Å². The van der Waals surface area contributed by atoms with Crippen molar-refractivity contribution < 1.29 is 4.79 Å². The summed E-state index contributed by atoms with van der Waals surface area (Å²) >= 11 is 24.6. The quantitative estimate of drug-likeness (QED) is 0.375. The van der Waals surface area contributed by atoms with Gasteiger partial charge in [-0.1, -0.05) is 58.9 Å². The molecule has 4 nitrogen and oxygen atoms in total. The first-order valence-corrected chi connectivity index (χ1v) is 14.1. The minimum absolute atomic E-state index is 0.114. The number of likely N-dealkylation sites (tertiary alicyclic amines) is 2. The lowest BCUT2D eigenvalue weighted by atomic mass is 9.94. The molecule has 2 aromatic rings. The minimum atomic E-state index is -0.193. The lowest BCUT2D eigenvalue weighted by Crippen LogP contribution is -2.47. The van der Waals surface area contributed by atoms with Crippen LogP contribution in [-0.4, -0.2) is 61.0 Å². The zero-order valence-electron chi connectivity index (χ0n) is 19.9. The lowest BCUT2D eigenvalue weighted by Gasteiger charge is -2.40. The normalized spacial score (nSPS) is 19.0. The Bertz CT molecular complexity index is 984. The molecule has 2 heterocycles. The van der Waals surface area contributed by atoms with Crippen molar-refractivity contribution in [3.05, 3.63) is 67.6 Å². The molecule has 2 saturated heterocycles. The van der Waals surface area contributed by atoms with Crippen LogP contribution in [0.1, 0.15) is 60.4 Å². The van der Waals surface area contributed by atoms with Crippen LogP contribution >= 0.6 is 46.4 Å². The molecule has 2 fully saturated rings. The van der Waals surface area contributed by atoms with E-state index in [0.717, 1.165) is 37.7 Å².